The lowest BCUT2D eigenvalue weighted by Crippen LogP contribution is -2.06. The van der Waals surface area contributed by atoms with E-state index < -0.39 is 5.82 Å². The number of halogens is 1. The highest BCUT2D eigenvalue weighted by atomic mass is 19.1. The molecule has 4 nitrogen and oxygen atoms in total. The third-order valence-electron chi connectivity index (χ3n) is 2.52. The van der Waals surface area contributed by atoms with Crippen molar-refractivity contribution in [1.29, 1.82) is 0 Å². The molecule has 18 heavy (non-hydrogen) atoms. The highest BCUT2D eigenvalue weighted by Gasteiger charge is 2.13. The first-order valence-electron chi connectivity index (χ1n) is 5.33. The molecule has 0 saturated heterocycles. The summed E-state index contributed by atoms with van der Waals surface area (Å²) in [6, 6.07) is 6.27. The number of methoxy groups -OCH3 is 1. The molecule has 0 saturated carbocycles. The average molecular weight is 246 g/mol. The van der Waals surface area contributed by atoms with Crippen molar-refractivity contribution in [3.8, 4) is 5.75 Å². The van der Waals surface area contributed by atoms with E-state index in [0.717, 1.165) is 0 Å². The van der Waals surface area contributed by atoms with Crippen LogP contribution >= 0.6 is 0 Å². The highest BCUT2D eigenvalue weighted by Crippen LogP contribution is 2.21. The van der Waals surface area contributed by atoms with Crippen molar-refractivity contribution < 1.29 is 13.9 Å². The number of hydrogen-bond donors (Lipinski definition) is 0. The number of aromatic nitrogens is 2. The Balaban J connectivity index is 2.22. The topological polar surface area (TPSA) is 52.1 Å². The van der Waals surface area contributed by atoms with Crippen LogP contribution in [-0.4, -0.2) is 23.1 Å². The molecule has 1 heterocycles. The van der Waals surface area contributed by atoms with Gasteiger partial charge in [-0.1, -0.05) is 12.1 Å². The Morgan fingerprint density at radius 2 is 2.17 bits per heavy atom. The first-order chi connectivity index (χ1) is 8.72. The molecule has 2 rings (SSSR count). The summed E-state index contributed by atoms with van der Waals surface area (Å²) in [6.45, 7) is 0. The van der Waals surface area contributed by atoms with E-state index in [-0.39, 0.29) is 18.0 Å². The van der Waals surface area contributed by atoms with Crippen molar-refractivity contribution in [3.05, 3.63) is 53.6 Å². The Morgan fingerprint density at radius 3 is 2.83 bits per heavy atom. The zero-order valence-corrected chi connectivity index (χ0v) is 9.76. The molecule has 0 amide bonds. The molecule has 92 valence electrons. The molecule has 2 aromatic rings. The molecule has 0 aliphatic carbocycles. The highest BCUT2D eigenvalue weighted by molar-refractivity contribution is 5.97. The van der Waals surface area contributed by atoms with Crippen LogP contribution in [0, 0.1) is 5.82 Å². The number of carbonyl (C=O) groups excluding carboxylic acids is 1. The minimum absolute atomic E-state index is 0.0330. The molecule has 0 spiro atoms. The molecule has 0 unspecified atom stereocenters. The second kappa shape index (κ2) is 5.35. The zero-order chi connectivity index (χ0) is 13.0. The first kappa shape index (κ1) is 12.2. The molecule has 5 heteroatoms. The Kier molecular flexibility index (Phi) is 3.62. The van der Waals surface area contributed by atoms with Gasteiger partial charge in [0.25, 0.3) is 0 Å². The van der Waals surface area contributed by atoms with Crippen LogP contribution in [0.5, 0.6) is 5.75 Å². The van der Waals surface area contributed by atoms with Gasteiger partial charge >= 0.3 is 0 Å². The second-order valence-corrected chi connectivity index (χ2v) is 3.66. The first-order valence-corrected chi connectivity index (χ1v) is 5.33. The summed E-state index contributed by atoms with van der Waals surface area (Å²) in [6.07, 6.45) is 2.75. The number of ketones is 1. The fourth-order valence-electron chi connectivity index (χ4n) is 1.58. The Labute approximate surface area is 103 Å². The number of Topliss-reactive ketones (excluding diaryl/α,β-unsaturated/α-hetero) is 1. The largest absolute Gasteiger partial charge is 0.494 e. The van der Waals surface area contributed by atoms with Gasteiger partial charge in [-0.05, 0) is 17.7 Å². The average Bonchev–Trinajstić information content (AvgIpc) is 2.42. The number of carbonyl (C=O) groups is 1. The number of hydrogen-bond acceptors (Lipinski definition) is 4. The second-order valence-electron chi connectivity index (χ2n) is 3.66. The normalized spacial score (nSPS) is 10.1. The number of nitrogens with zero attached hydrogens (tertiary/aromatic N) is 2. The number of ether oxygens (including phenoxy) is 1. The summed E-state index contributed by atoms with van der Waals surface area (Å²) in [5.74, 6) is -0.583. The van der Waals surface area contributed by atoms with Crippen LogP contribution in [0.2, 0.25) is 0 Å². The fraction of sp³-hybridized carbons (Fsp3) is 0.154. The van der Waals surface area contributed by atoms with E-state index in [1.54, 1.807) is 18.2 Å². The van der Waals surface area contributed by atoms with E-state index in [1.165, 1.54) is 25.6 Å². The van der Waals surface area contributed by atoms with Crippen LogP contribution in [0.1, 0.15) is 15.9 Å². The minimum Gasteiger partial charge on any atom is -0.494 e. The lowest BCUT2D eigenvalue weighted by molar-refractivity contribution is 0.0991. The fourth-order valence-corrected chi connectivity index (χ4v) is 1.58. The lowest BCUT2D eigenvalue weighted by atomic mass is 10.0. The quantitative estimate of drug-likeness (QED) is 0.775. The summed E-state index contributed by atoms with van der Waals surface area (Å²) in [5, 5.41) is 7.20. The van der Waals surface area contributed by atoms with E-state index in [4.69, 9.17) is 4.74 Å². The van der Waals surface area contributed by atoms with E-state index in [1.807, 2.05) is 0 Å². The van der Waals surface area contributed by atoms with E-state index in [0.29, 0.717) is 11.1 Å². The molecular weight excluding hydrogens is 235 g/mol. The SMILES string of the molecule is COc1cccc(CC(=O)c2ccnnc2)c1F. The summed E-state index contributed by atoms with van der Waals surface area (Å²) >= 11 is 0. The maximum atomic E-state index is 13.8. The Morgan fingerprint density at radius 1 is 1.33 bits per heavy atom. The van der Waals surface area contributed by atoms with Gasteiger partial charge in [0.05, 0.1) is 19.5 Å². The lowest BCUT2D eigenvalue weighted by Gasteiger charge is -2.06. The van der Waals surface area contributed by atoms with Gasteiger partial charge in [0.15, 0.2) is 17.3 Å². The van der Waals surface area contributed by atoms with Gasteiger partial charge in [-0.25, -0.2) is 4.39 Å². The van der Waals surface area contributed by atoms with Crippen LogP contribution in [0.15, 0.2) is 36.7 Å². The number of benzene rings is 1. The Hall–Kier alpha value is -2.30. The molecule has 0 bridgehead atoms. The van der Waals surface area contributed by atoms with Crippen molar-refractivity contribution in [1.82, 2.24) is 10.2 Å². The molecule has 0 atom stereocenters. The third kappa shape index (κ3) is 2.51. The van der Waals surface area contributed by atoms with Crippen LogP contribution in [0.4, 0.5) is 4.39 Å². The van der Waals surface area contributed by atoms with Crippen LogP contribution < -0.4 is 4.74 Å². The van der Waals surface area contributed by atoms with Crippen molar-refractivity contribution in [2.45, 2.75) is 6.42 Å². The van der Waals surface area contributed by atoms with Crippen molar-refractivity contribution in [3.63, 3.8) is 0 Å². The maximum Gasteiger partial charge on any atom is 0.169 e. The summed E-state index contributed by atoms with van der Waals surface area (Å²) < 4.78 is 18.7. The maximum absolute atomic E-state index is 13.8. The zero-order valence-electron chi connectivity index (χ0n) is 9.76. The molecule has 1 aromatic heterocycles. The van der Waals surface area contributed by atoms with Crippen LogP contribution in [0.3, 0.4) is 0 Å². The van der Waals surface area contributed by atoms with Gasteiger partial charge < -0.3 is 4.74 Å². The summed E-state index contributed by atoms with van der Waals surface area (Å²) in [4.78, 5) is 11.9. The monoisotopic (exact) mass is 246 g/mol. The minimum atomic E-state index is -0.504. The molecule has 0 fully saturated rings. The summed E-state index contributed by atoms with van der Waals surface area (Å²) in [7, 11) is 1.39. The van der Waals surface area contributed by atoms with Gasteiger partial charge in [-0.15, -0.1) is 0 Å². The molecule has 0 radical (unpaired) electrons. The molecule has 0 N–H and O–H groups in total. The molecular formula is C13H11FN2O2. The predicted octanol–water partition coefficient (Wildman–Crippen LogP) is 2.05. The third-order valence-corrected chi connectivity index (χ3v) is 2.52. The van der Waals surface area contributed by atoms with Crippen molar-refractivity contribution in [2.24, 2.45) is 0 Å². The van der Waals surface area contributed by atoms with Crippen LogP contribution in [0.25, 0.3) is 0 Å². The smallest absolute Gasteiger partial charge is 0.169 e. The van der Waals surface area contributed by atoms with Gasteiger partial charge in [0.2, 0.25) is 0 Å². The van der Waals surface area contributed by atoms with E-state index in [2.05, 4.69) is 10.2 Å². The van der Waals surface area contributed by atoms with Gasteiger partial charge in [0.1, 0.15) is 0 Å². The number of rotatable bonds is 4. The van der Waals surface area contributed by atoms with Gasteiger partial charge in [-0.3, -0.25) is 4.79 Å². The molecule has 0 aliphatic rings. The predicted molar refractivity (Wildman–Crippen MR) is 63.0 cm³/mol. The van der Waals surface area contributed by atoms with Crippen molar-refractivity contribution in [2.75, 3.05) is 7.11 Å². The van der Waals surface area contributed by atoms with E-state index in [9.17, 15) is 9.18 Å². The van der Waals surface area contributed by atoms with Crippen molar-refractivity contribution >= 4 is 5.78 Å². The van der Waals surface area contributed by atoms with E-state index >= 15 is 0 Å². The standard InChI is InChI=1S/C13H11FN2O2/c1-18-12-4-2-3-9(13(12)14)7-11(17)10-5-6-15-16-8-10/h2-6,8H,7H2,1H3. The van der Waals surface area contributed by atoms with Crippen LogP contribution in [-0.2, 0) is 6.42 Å². The summed E-state index contributed by atoms with van der Waals surface area (Å²) in [5.41, 5.74) is 0.711. The molecule has 1 aromatic carbocycles. The van der Waals surface area contributed by atoms with Gasteiger partial charge in [-0.2, -0.15) is 10.2 Å². The van der Waals surface area contributed by atoms with Gasteiger partial charge in [0, 0.05) is 12.0 Å². The molecule has 0 aliphatic heterocycles. The Bertz CT molecular complexity index is 558.